The second-order valence-corrected chi connectivity index (χ2v) is 7.54. The molecule has 4 nitrogen and oxygen atoms in total. The first-order valence-electron chi connectivity index (χ1n) is 7.98. The van der Waals surface area contributed by atoms with E-state index in [1.165, 1.54) is 19.3 Å². The molecule has 1 aliphatic carbocycles. The molecule has 0 bridgehead atoms. The molecule has 1 amide bonds. The number of carbonyl (C=O) groups excluding carboxylic acids is 1. The molecule has 1 aromatic carbocycles. The van der Waals surface area contributed by atoms with Crippen molar-refractivity contribution in [1.29, 1.82) is 0 Å². The van der Waals surface area contributed by atoms with Crippen LogP contribution in [0.2, 0.25) is 0 Å². The van der Waals surface area contributed by atoms with Gasteiger partial charge in [-0.3, -0.25) is 4.79 Å². The molecule has 6 heteroatoms. The second kappa shape index (κ2) is 9.81. The Morgan fingerprint density at radius 1 is 1.39 bits per heavy atom. The van der Waals surface area contributed by atoms with Gasteiger partial charge < -0.3 is 16.2 Å². The Bertz CT molecular complexity index is 521. The van der Waals surface area contributed by atoms with Gasteiger partial charge in [0.05, 0.1) is 0 Å². The maximum absolute atomic E-state index is 12.2. The first kappa shape index (κ1) is 20.7. The van der Waals surface area contributed by atoms with Gasteiger partial charge in [0.1, 0.15) is 6.10 Å². The number of rotatable bonds is 5. The molecule has 0 saturated heterocycles. The lowest BCUT2D eigenvalue weighted by atomic mass is 9.84. The van der Waals surface area contributed by atoms with E-state index in [-0.39, 0.29) is 12.4 Å². The first-order chi connectivity index (χ1) is 10.5. The number of carbonyl (C=O) groups is 1. The number of hydrogen-bond acceptors (Lipinski definition) is 3. The van der Waals surface area contributed by atoms with Gasteiger partial charge in [-0.1, -0.05) is 32.1 Å². The average Bonchev–Trinajstić information content (AvgIpc) is 2.50. The van der Waals surface area contributed by atoms with Gasteiger partial charge >= 0.3 is 0 Å². The highest BCUT2D eigenvalue weighted by atomic mass is 127. The molecule has 0 spiro atoms. The quantitative estimate of drug-likeness (QED) is 0.597. The fourth-order valence-electron chi connectivity index (χ4n) is 3.11. The van der Waals surface area contributed by atoms with E-state index in [1.54, 1.807) is 0 Å². The summed E-state index contributed by atoms with van der Waals surface area (Å²) < 4.78 is 1.11. The lowest BCUT2D eigenvalue weighted by Crippen LogP contribution is -2.44. The minimum absolute atomic E-state index is 0. The fraction of sp³-hybridized carbons (Fsp3) is 0.588. The van der Waals surface area contributed by atoms with Crippen LogP contribution >= 0.6 is 35.0 Å². The third-order valence-corrected chi connectivity index (χ3v) is 5.12. The zero-order chi connectivity index (χ0) is 16.1. The van der Waals surface area contributed by atoms with E-state index < -0.39 is 18.1 Å². The lowest BCUT2D eigenvalue weighted by molar-refractivity contribution is -0.125. The van der Waals surface area contributed by atoms with Crippen molar-refractivity contribution in [1.82, 2.24) is 0 Å². The van der Waals surface area contributed by atoms with E-state index in [0.29, 0.717) is 5.92 Å². The number of nitrogens with two attached hydrogens (primary N) is 1. The van der Waals surface area contributed by atoms with Crippen molar-refractivity contribution in [3.05, 3.63) is 27.3 Å². The minimum Gasteiger partial charge on any atom is -0.382 e. The van der Waals surface area contributed by atoms with Crippen molar-refractivity contribution in [2.24, 2.45) is 11.7 Å². The molecule has 0 aliphatic heterocycles. The average molecular weight is 453 g/mol. The predicted octanol–water partition coefficient (Wildman–Crippen LogP) is 3.62. The molecule has 1 aliphatic rings. The first-order valence-corrected chi connectivity index (χ1v) is 9.06. The predicted molar refractivity (Wildman–Crippen MR) is 105 cm³/mol. The van der Waals surface area contributed by atoms with Crippen LogP contribution in [0.4, 0.5) is 5.69 Å². The number of hydrogen-bond donors (Lipinski definition) is 3. The molecule has 1 fully saturated rings. The van der Waals surface area contributed by atoms with Crippen LogP contribution in [0.25, 0.3) is 0 Å². The van der Waals surface area contributed by atoms with Gasteiger partial charge in [0, 0.05) is 15.3 Å². The number of aliphatic hydroxyl groups is 1. The molecule has 0 heterocycles. The fourth-order valence-corrected chi connectivity index (χ4v) is 3.75. The van der Waals surface area contributed by atoms with Gasteiger partial charge in [0.25, 0.3) is 5.91 Å². The number of amides is 1. The highest BCUT2D eigenvalue weighted by molar-refractivity contribution is 14.1. The molecule has 1 aromatic rings. The highest BCUT2D eigenvalue weighted by Crippen LogP contribution is 2.27. The van der Waals surface area contributed by atoms with Crippen LogP contribution in [0.3, 0.4) is 0 Å². The van der Waals surface area contributed by atoms with E-state index in [0.717, 1.165) is 34.1 Å². The Balaban J connectivity index is 0.00000264. The third-order valence-electron chi connectivity index (χ3n) is 4.45. The maximum Gasteiger partial charge on any atom is 0.254 e. The molecule has 2 atom stereocenters. The number of aryl methyl sites for hydroxylation is 1. The van der Waals surface area contributed by atoms with E-state index >= 15 is 0 Å². The SMILES string of the molecule is Cc1cc(I)ccc1NC(=O)C(O)[C@H](N)CC1CCCCC1.Cl. The zero-order valence-electron chi connectivity index (χ0n) is 13.4. The van der Waals surface area contributed by atoms with E-state index in [2.05, 4.69) is 27.9 Å². The summed E-state index contributed by atoms with van der Waals surface area (Å²) in [5.74, 6) is 0.138. The largest absolute Gasteiger partial charge is 0.382 e. The number of nitrogens with one attached hydrogen (secondary N) is 1. The molecule has 1 saturated carbocycles. The van der Waals surface area contributed by atoms with Gasteiger partial charge in [0.2, 0.25) is 0 Å². The standard InChI is InChI=1S/C17H25IN2O2.ClH/c1-11-9-13(18)7-8-15(11)20-17(22)16(21)14(19)10-12-5-3-2-4-6-12;/h7-9,12,14,16,21H,2-6,10,19H2,1H3,(H,20,22);1H/t14-,16?;/m1./s1. The van der Waals surface area contributed by atoms with Gasteiger partial charge in [-0.25, -0.2) is 0 Å². The molecular weight excluding hydrogens is 427 g/mol. The van der Waals surface area contributed by atoms with Crippen molar-refractivity contribution in [2.75, 3.05) is 5.32 Å². The Hall–Kier alpha value is -0.370. The topological polar surface area (TPSA) is 75.3 Å². The summed E-state index contributed by atoms with van der Waals surface area (Å²) in [4.78, 5) is 12.2. The zero-order valence-corrected chi connectivity index (χ0v) is 16.4. The molecule has 23 heavy (non-hydrogen) atoms. The molecule has 130 valence electrons. The third kappa shape index (κ3) is 6.21. The normalized spacial score (nSPS) is 17.9. The summed E-state index contributed by atoms with van der Waals surface area (Å²) in [6.45, 7) is 1.94. The number of halogens is 2. The maximum atomic E-state index is 12.2. The summed E-state index contributed by atoms with van der Waals surface area (Å²) in [5, 5.41) is 13.0. The van der Waals surface area contributed by atoms with E-state index in [4.69, 9.17) is 5.73 Å². The van der Waals surface area contributed by atoms with Crippen LogP contribution in [0, 0.1) is 16.4 Å². The van der Waals surface area contributed by atoms with Crippen molar-refractivity contribution >= 4 is 46.6 Å². The van der Waals surface area contributed by atoms with Crippen LogP contribution in [0.15, 0.2) is 18.2 Å². The van der Waals surface area contributed by atoms with E-state index in [1.807, 2.05) is 25.1 Å². The Morgan fingerprint density at radius 2 is 2.04 bits per heavy atom. The van der Waals surface area contributed by atoms with Crippen molar-refractivity contribution in [3.8, 4) is 0 Å². The van der Waals surface area contributed by atoms with Crippen LogP contribution in [0.1, 0.15) is 44.1 Å². The van der Waals surface area contributed by atoms with Crippen LogP contribution in [-0.2, 0) is 4.79 Å². The van der Waals surface area contributed by atoms with Gasteiger partial charge in [-0.2, -0.15) is 0 Å². The summed E-state index contributed by atoms with van der Waals surface area (Å²) in [5.41, 5.74) is 7.76. The van der Waals surface area contributed by atoms with E-state index in [9.17, 15) is 9.90 Å². The smallest absolute Gasteiger partial charge is 0.254 e. The molecule has 0 radical (unpaired) electrons. The second-order valence-electron chi connectivity index (χ2n) is 6.30. The minimum atomic E-state index is -1.15. The molecular formula is C17H26ClIN2O2. The lowest BCUT2D eigenvalue weighted by Gasteiger charge is -2.26. The van der Waals surface area contributed by atoms with Crippen molar-refractivity contribution in [2.45, 2.75) is 57.6 Å². The van der Waals surface area contributed by atoms with Gasteiger partial charge in [-0.05, 0) is 65.6 Å². The van der Waals surface area contributed by atoms with Crippen LogP contribution < -0.4 is 11.1 Å². The Kier molecular flexibility index (Phi) is 8.82. The summed E-state index contributed by atoms with van der Waals surface area (Å²) in [6, 6.07) is 5.28. The van der Waals surface area contributed by atoms with Crippen molar-refractivity contribution < 1.29 is 9.90 Å². The summed E-state index contributed by atoms with van der Waals surface area (Å²) >= 11 is 2.23. The molecule has 0 aromatic heterocycles. The monoisotopic (exact) mass is 452 g/mol. The molecule has 2 rings (SSSR count). The van der Waals surface area contributed by atoms with Gasteiger partial charge in [-0.15, -0.1) is 12.4 Å². The molecule has 1 unspecified atom stereocenters. The number of anilines is 1. The molecule has 4 N–H and O–H groups in total. The summed E-state index contributed by atoms with van der Waals surface area (Å²) in [7, 11) is 0. The van der Waals surface area contributed by atoms with Crippen LogP contribution in [0.5, 0.6) is 0 Å². The van der Waals surface area contributed by atoms with Crippen LogP contribution in [-0.4, -0.2) is 23.2 Å². The number of benzene rings is 1. The highest BCUT2D eigenvalue weighted by Gasteiger charge is 2.26. The Morgan fingerprint density at radius 3 is 2.65 bits per heavy atom. The summed E-state index contributed by atoms with van der Waals surface area (Å²) in [6.07, 6.45) is 5.67. The van der Waals surface area contributed by atoms with Crippen molar-refractivity contribution in [3.63, 3.8) is 0 Å². The number of aliphatic hydroxyl groups excluding tert-OH is 1. The Labute approximate surface area is 158 Å². The van der Waals surface area contributed by atoms with Gasteiger partial charge in [0.15, 0.2) is 0 Å².